The van der Waals surface area contributed by atoms with E-state index in [0.717, 1.165) is 0 Å². The van der Waals surface area contributed by atoms with E-state index in [9.17, 15) is 9.59 Å². The summed E-state index contributed by atoms with van der Waals surface area (Å²) in [6, 6.07) is 17.4. The molecule has 1 N–H and O–H groups in total. The highest BCUT2D eigenvalue weighted by Crippen LogP contribution is 2.27. The smallest absolute Gasteiger partial charge is 0.289 e. The van der Waals surface area contributed by atoms with E-state index in [4.69, 9.17) is 25.5 Å². The molecule has 0 bridgehead atoms. The van der Waals surface area contributed by atoms with Gasteiger partial charge in [-0.25, -0.2) is 0 Å². The van der Waals surface area contributed by atoms with Crippen LogP contribution in [0.4, 0.5) is 5.69 Å². The molecule has 2 aromatic carbocycles. The van der Waals surface area contributed by atoms with Gasteiger partial charge in [0.2, 0.25) is 5.91 Å². The molecular weight excluding hydrogens is 408 g/mol. The van der Waals surface area contributed by atoms with Crippen LogP contribution in [0.3, 0.4) is 0 Å². The van der Waals surface area contributed by atoms with E-state index in [1.165, 1.54) is 19.1 Å². The first-order valence-corrected chi connectivity index (χ1v) is 9.49. The van der Waals surface area contributed by atoms with Crippen LogP contribution in [0.2, 0.25) is 5.02 Å². The van der Waals surface area contributed by atoms with E-state index < -0.39 is 11.8 Å². The first-order chi connectivity index (χ1) is 14.5. The number of hydrogen-bond acceptors (Lipinski definition) is 5. The van der Waals surface area contributed by atoms with Crippen LogP contribution >= 0.6 is 11.6 Å². The molecule has 0 atom stereocenters. The van der Waals surface area contributed by atoms with Gasteiger partial charge in [0, 0.05) is 12.1 Å². The molecule has 3 rings (SSSR count). The Labute approximate surface area is 179 Å². The lowest BCUT2D eigenvalue weighted by atomic mass is 10.3. The minimum Gasteiger partial charge on any atom is -0.495 e. The Morgan fingerprint density at radius 3 is 2.60 bits per heavy atom. The van der Waals surface area contributed by atoms with E-state index in [-0.39, 0.29) is 18.9 Å². The fourth-order valence-corrected chi connectivity index (χ4v) is 2.86. The largest absolute Gasteiger partial charge is 0.495 e. The molecule has 0 aliphatic rings. The molecule has 2 amide bonds. The molecule has 0 radical (unpaired) electrons. The number of rotatable bonds is 8. The number of nitrogens with zero attached hydrogens (tertiary/aromatic N) is 1. The second kappa shape index (κ2) is 9.84. The summed E-state index contributed by atoms with van der Waals surface area (Å²) in [7, 11) is 3.00. The van der Waals surface area contributed by atoms with Crippen LogP contribution in [0.25, 0.3) is 0 Å². The Balaban J connectivity index is 1.56. The first-order valence-electron chi connectivity index (χ1n) is 9.11. The molecule has 1 aromatic heterocycles. The average molecular weight is 429 g/mol. The summed E-state index contributed by atoms with van der Waals surface area (Å²) in [4.78, 5) is 26.2. The van der Waals surface area contributed by atoms with Crippen LogP contribution < -0.4 is 14.8 Å². The molecule has 0 saturated heterocycles. The summed E-state index contributed by atoms with van der Waals surface area (Å²) >= 11 is 5.97. The van der Waals surface area contributed by atoms with E-state index in [1.807, 2.05) is 30.3 Å². The SMILES string of the molecule is COc1ccc(Cl)cc1NC(=O)CN(C)C(=O)c1ccc(COc2ccccc2)o1. The number of hydrogen-bond donors (Lipinski definition) is 1. The summed E-state index contributed by atoms with van der Waals surface area (Å²) in [5.74, 6) is 0.976. The number of carbonyl (C=O) groups is 2. The third kappa shape index (κ3) is 5.55. The standard InChI is InChI=1S/C22H21ClN2O5/c1-25(13-21(26)24-18-12-15(23)8-10-19(18)28-2)22(27)20-11-9-17(30-20)14-29-16-6-4-3-5-7-16/h3-12H,13-14H2,1-2H3,(H,24,26). The molecule has 30 heavy (non-hydrogen) atoms. The van der Waals surface area contributed by atoms with Gasteiger partial charge >= 0.3 is 0 Å². The number of anilines is 1. The van der Waals surface area contributed by atoms with Gasteiger partial charge < -0.3 is 24.1 Å². The van der Waals surface area contributed by atoms with Gasteiger partial charge in [0.25, 0.3) is 5.91 Å². The van der Waals surface area contributed by atoms with Crippen molar-refractivity contribution < 1.29 is 23.5 Å². The second-order valence-electron chi connectivity index (χ2n) is 6.42. The number of amides is 2. The van der Waals surface area contributed by atoms with Crippen molar-refractivity contribution in [3.8, 4) is 11.5 Å². The lowest BCUT2D eigenvalue weighted by Crippen LogP contribution is -2.34. The lowest BCUT2D eigenvalue weighted by Gasteiger charge is -2.16. The third-order valence-electron chi connectivity index (χ3n) is 4.16. The van der Waals surface area contributed by atoms with E-state index in [0.29, 0.717) is 28.0 Å². The van der Waals surface area contributed by atoms with Crippen molar-refractivity contribution in [2.45, 2.75) is 6.61 Å². The summed E-state index contributed by atoms with van der Waals surface area (Å²) in [5.41, 5.74) is 0.425. The minimum absolute atomic E-state index is 0.122. The summed E-state index contributed by atoms with van der Waals surface area (Å²) in [6.45, 7) is 0.0150. The number of benzene rings is 2. The number of methoxy groups -OCH3 is 1. The number of halogens is 1. The highest BCUT2D eigenvalue weighted by Gasteiger charge is 2.19. The Bertz CT molecular complexity index is 1020. The molecular formula is C22H21ClN2O5. The Hall–Kier alpha value is -3.45. The van der Waals surface area contributed by atoms with Crippen molar-refractivity contribution in [1.82, 2.24) is 4.90 Å². The zero-order valence-corrected chi connectivity index (χ0v) is 17.3. The number of carbonyl (C=O) groups excluding carboxylic acids is 2. The average Bonchev–Trinajstić information content (AvgIpc) is 3.21. The monoisotopic (exact) mass is 428 g/mol. The van der Waals surface area contributed by atoms with Crippen LogP contribution in [0.15, 0.2) is 65.1 Å². The van der Waals surface area contributed by atoms with Crippen molar-refractivity contribution >= 4 is 29.1 Å². The molecule has 0 aliphatic carbocycles. The Morgan fingerprint density at radius 2 is 1.87 bits per heavy atom. The Morgan fingerprint density at radius 1 is 1.10 bits per heavy atom. The third-order valence-corrected chi connectivity index (χ3v) is 4.39. The van der Waals surface area contributed by atoms with Crippen molar-refractivity contribution in [1.29, 1.82) is 0 Å². The van der Waals surface area contributed by atoms with Crippen molar-refractivity contribution in [3.05, 3.63) is 77.2 Å². The van der Waals surface area contributed by atoms with Crippen LogP contribution in [-0.4, -0.2) is 37.4 Å². The first kappa shape index (κ1) is 21.3. The van der Waals surface area contributed by atoms with Gasteiger partial charge in [-0.1, -0.05) is 29.8 Å². The van der Waals surface area contributed by atoms with Crippen LogP contribution in [0.5, 0.6) is 11.5 Å². The minimum atomic E-state index is -0.422. The molecule has 0 fully saturated rings. The molecule has 1 heterocycles. The highest BCUT2D eigenvalue weighted by atomic mass is 35.5. The maximum Gasteiger partial charge on any atom is 0.289 e. The molecule has 156 valence electrons. The number of ether oxygens (including phenoxy) is 2. The number of nitrogens with one attached hydrogen (secondary N) is 1. The zero-order valence-electron chi connectivity index (χ0n) is 16.6. The van der Waals surface area contributed by atoms with Gasteiger partial charge in [0.1, 0.15) is 23.9 Å². The predicted octanol–water partition coefficient (Wildman–Crippen LogP) is 4.23. The molecule has 0 aliphatic heterocycles. The van der Waals surface area contributed by atoms with Gasteiger partial charge in [-0.2, -0.15) is 0 Å². The van der Waals surface area contributed by atoms with Gasteiger partial charge in [0.05, 0.1) is 19.3 Å². The summed E-state index contributed by atoms with van der Waals surface area (Å²) in [5, 5.41) is 3.15. The zero-order chi connectivity index (χ0) is 21.5. The number of furan rings is 1. The van der Waals surface area contributed by atoms with Crippen molar-refractivity contribution in [2.75, 3.05) is 26.0 Å². The van der Waals surface area contributed by atoms with Crippen molar-refractivity contribution in [2.24, 2.45) is 0 Å². The lowest BCUT2D eigenvalue weighted by molar-refractivity contribution is -0.116. The Kier molecular flexibility index (Phi) is 6.98. The number of para-hydroxylation sites is 1. The van der Waals surface area contributed by atoms with Crippen molar-refractivity contribution in [3.63, 3.8) is 0 Å². The van der Waals surface area contributed by atoms with Gasteiger partial charge in [-0.3, -0.25) is 9.59 Å². The van der Waals surface area contributed by atoms with E-state index in [2.05, 4.69) is 5.32 Å². The summed E-state index contributed by atoms with van der Waals surface area (Å²) < 4.78 is 16.4. The molecule has 8 heteroatoms. The van der Waals surface area contributed by atoms with Gasteiger partial charge in [-0.05, 0) is 42.5 Å². The predicted molar refractivity (Wildman–Crippen MR) is 113 cm³/mol. The second-order valence-corrected chi connectivity index (χ2v) is 6.86. The fraction of sp³-hybridized carbons (Fsp3) is 0.182. The normalized spacial score (nSPS) is 10.4. The molecule has 7 nitrogen and oxygen atoms in total. The van der Waals surface area contributed by atoms with E-state index in [1.54, 1.807) is 30.3 Å². The molecule has 0 unspecified atom stereocenters. The maximum absolute atomic E-state index is 12.6. The van der Waals surface area contributed by atoms with Gasteiger partial charge in [0.15, 0.2) is 5.76 Å². The quantitative estimate of drug-likeness (QED) is 0.580. The van der Waals surface area contributed by atoms with Crippen LogP contribution in [-0.2, 0) is 11.4 Å². The van der Waals surface area contributed by atoms with Gasteiger partial charge in [-0.15, -0.1) is 0 Å². The maximum atomic E-state index is 12.6. The number of likely N-dealkylation sites (N-methyl/N-ethyl adjacent to an activating group) is 1. The molecule has 3 aromatic rings. The molecule has 0 saturated carbocycles. The van der Waals surface area contributed by atoms with Crippen LogP contribution in [0.1, 0.15) is 16.3 Å². The molecule has 0 spiro atoms. The summed E-state index contributed by atoms with van der Waals surface area (Å²) in [6.07, 6.45) is 0. The highest BCUT2D eigenvalue weighted by molar-refractivity contribution is 6.31. The topological polar surface area (TPSA) is 81.0 Å². The van der Waals surface area contributed by atoms with Crippen LogP contribution in [0, 0.1) is 0 Å². The van der Waals surface area contributed by atoms with E-state index >= 15 is 0 Å². The fourth-order valence-electron chi connectivity index (χ4n) is 2.68.